The Morgan fingerprint density at radius 3 is 2.79 bits per heavy atom. The summed E-state index contributed by atoms with van der Waals surface area (Å²) in [6.07, 6.45) is 3.59. The van der Waals surface area contributed by atoms with Crippen molar-refractivity contribution in [3.8, 4) is 0 Å². The Hall–Kier alpha value is -2.57. The van der Waals surface area contributed by atoms with E-state index in [-0.39, 0.29) is 18.4 Å². The van der Waals surface area contributed by atoms with Crippen LogP contribution in [0.4, 0.5) is 5.69 Å². The third-order valence-corrected chi connectivity index (χ3v) is 5.64. The molecule has 1 aromatic rings. The summed E-state index contributed by atoms with van der Waals surface area (Å²) >= 11 is 0. The molecule has 158 valence electrons. The molecule has 3 rings (SSSR count). The number of nitrogens with zero attached hydrogens (tertiary/aromatic N) is 4. The van der Waals surface area contributed by atoms with Crippen molar-refractivity contribution in [2.24, 2.45) is 4.99 Å². The fourth-order valence-corrected chi connectivity index (χ4v) is 3.95. The quantitative estimate of drug-likeness (QED) is 0.563. The number of nitrogens with one attached hydrogen (secondary N) is 1. The summed E-state index contributed by atoms with van der Waals surface area (Å²) in [5.74, 6) is 1.37. The van der Waals surface area contributed by atoms with E-state index in [0.717, 1.165) is 57.1 Å². The molecule has 0 spiro atoms. The van der Waals surface area contributed by atoms with Gasteiger partial charge in [0.05, 0.1) is 0 Å². The highest BCUT2D eigenvalue weighted by Gasteiger charge is 2.32. The van der Waals surface area contributed by atoms with Crippen molar-refractivity contribution in [3.63, 3.8) is 0 Å². The molecule has 1 fully saturated rings. The number of hydrogen-bond donors (Lipinski definition) is 1. The van der Waals surface area contributed by atoms with Crippen LogP contribution in [-0.4, -0.2) is 74.4 Å². The second-order valence-corrected chi connectivity index (χ2v) is 7.99. The standard InChI is InChI=1S/C22H33N5O2/c1-4-12-23-22(24-15-21(29)25(2)3)27-16-17(18-8-5-6-9-19(18)27)11-14-26-13-7-10-20(26)28/h5-6,8-9,17H,4,7,10-16H2,1-3H3,(H,23,24). The van der Waals surface area contributed by atoms with Crippen molar-refractivity contribution in [1.82, 2.24) is 15.1 Å². The predicted molar refractivity (Wildman–Crippen MR) is 116 cm³/mol. The average Bonchev–Trinajstić information content (AvgIpc) is 3.29. The summed E-state index contributed by atoms with van der Waals surface area (Å²) in [5.41, 5.74) is 2.44. The summed E-state index contributed by atoms with van der Waals surface area (Å²) in [4.78, 5) is 34.4. The van der Waals surface area contributed by atoms with E-state index in [2.05, 4.69) is 40.3 Å². The number of likely N-dealkylation sites (N-methyl/N-ethyl adjacent to an activating group) is 1. The smallest absolute Gasteiger partial charge is 0.243 e. The van der Waals surface area contributed by atoms with Gasteiger partial charge in [-0.1, -0.05) is 25.1 Å². The molecule has 0 saturated carbocycles. The fraction of sp³-hybridized carbons (Fsp3) is 0.591. The van der Waals surface area contributed by atoms with Crippen molar-refractivity contribution in [3.05, 3.63) is 29.8 Å². The Labute approximate surface area is 173 Å². The Morgan fingerprint density at radius 1 is 1.31 bits per heavy atom. The molecule has 1 saturated heterocycles. The van der Waals surface area contributed by atoms with E-state index in [1.807, 2.05) is 11.0 Å². The molecule has 2 heterocycles. The maximum absolute atomic E-state index is 12.1. The molecule has 0 aromatic heterocycles. The van der Waals surface area contributed by atoms with E-state index in [9.17, 15) is 9.59 Å². The summed E-state index contributed by atoms with van der Waals surface area (Å²) in [7, 11) is 3.50. The molecule has 0 bridgehead atoms. The van der Waals surface area contributed by atoms with Crippen molar-refractivity contribution >= 4 is 23.5 Å². The Morgan fingerprint density at radius 2 is 2.10 bits per heavy atom. The van der Waals surface area contributed by atoms with Crippen LogP contribution < -0.4 is 10.2 Å². The minimum absolute atomic E-state index is 0.0163. The molecule has 1 aromatic carbocycles. The Kier molecular flexibility index (Phi) is 7.12. The molecule has 2 aliphatic heterocycles. The number of carbonyl (C=O) groups is 2. The third kappa shape index (κ3) is 5.08. The Bertz CT molecular complexity index is 761. The van der Waals surface area contributed by atoms with Crippen LogP contribution in [0.15, 0.2) is 29.3 Å². The fourth-order valence-electron chi connectivity index (χ4n) is 3.95. The predicted octanol–water partition coefficient (Wildman–Crippen LogP) is 2.05. The van der Waals surface area contributed by atoms with Gasteiger partial charge in [0.15, 0.2) is 5.96 Å². The van der Waals surface area contributed by atoms with Gasteiger partial charge >= 0.3 is 0 Å². The number of amides is 2. The summed E-state index contributed by atoms with van der Waals surface area (Å²) in [5, 5.41) is 3.41. The second-order valence-electron chi connectivity index (χ2n) is 7.99. The van der Waals surface area contributed by atoms with E-state index in [0.29, 0.717) is 12.3 Å². The van der Waals surface area contributed by atoms with E-state index >= 15 is 0 Å². The van der Waals surface area contributed by atoms with Crippen molar-refractivity contribution in [2.45, 2.75) is 38.5 Å². The van der Waals surface area contributed by atoms with Crippen molar-refractivity contribution in [1.29, 1.82) is 0 Å². The lowest BCUT2D eigenvalue weighted by atomic mass is 9.98. The van der Waals surface area contributed by atoms with Crippen LogP contribution in [0.5, 0.6) is 0 Å². The van der Waals surface area contributed by atoms with Gasteiger partial charge in [0.25, 0.3) is 0 Å². The lowest BCUT2D eigenvalue weighted by Crippen LogP contribution is -2.42. The lowest BCUT2D eigenvalue weighted by molar-refractivity contribution is -0.128. The number of guanidine groups is 1. The van der Waals surface area contributed by atoms with Gasteiger partial charge in [-0.3, -0.25) is 9.59 Å². The molecule has 7 nitrogen and oxygen atoms in total. The minimum Gasteiger partial charge on any atom is -0.356 e. The van der Waals surface area contributed by atoms with Crippen LogP contribution in [0.3, 0.4) is 0 Å². The van der Waals surface area contributed by atoms with Crippen LogP contribution in [0, 0.1) is 0 Å². The topological polar surface area (TPSA) is 68.2 Å². The van der Waals surface area contributed by atoms with Crippen molar-refractivity contribution in [2.75, 3.05) is 51.7 Å². The zero-order chi connectivity index (χ0) is 20.8. The summed E-state index contributed by atoms with van der Waals surface area (Å²) in [6.45, 7) is 5.55. The van der Waals surface area contributed by atoms with Crippen LogP contribution in [0.2, 0.25) is 0 Å². The van der Waals surface area contributed by atoms with Gasteiger partial charge in [-0.05, 0) is 30.9 Å². The van der Waals surface area contributed by atoms with E-state index in [1.165, 1.54) is 5.56 Å². The highest BCUT2D eigenvalue weighted by molar-refractivity contribution is 5.99. The van der Waals surface area contributed by atoms with Crippen LogP contribution in [0.25, 0.3) is 0 Å². The van der Waals surface area contributed by atoms with E-state index in [1.54, 1.807) is 19.0 Å². The molecule has 0 aliphatic carbocycles. The normalized spacial score (nSPS) is 18.9. The average molecular weight is 400 g/mol. The first-order chi connectivity index (χ1) is 14.0. The van der Waals surface area contributed by atoms with E-state index < -0.39 is 0 Å². The molecule has 2 aliphatic rings. The maximum atomic E-state index is 12.1. The molecule has 1 unspecified atom stereocenters. The van der Waals surface area contributed by atoms with E-state index in [4.69, 9.17) is 0 Å². The first-order valence-electron chi connectivity index (χ1n) is 10.6. The monoisotopic (exact) mass is 399 g/mol. The van der Waals surface area contributed by atoms with Gasteiger partial charge in [-0.25, -0.2) is 4.99 Å². The number of hydrogen-bond acceptors (Lipinski definition) is 3. The van der Waals surface area contributed by atoms with Gasteiger partial charge in [0.2, 0.25) is 11.8 Å². The summed E-state index contributed by atoms with van der Waals surface area (Å²) < 4.78 is 0. The largest absolute Gasteiger partial charge is 0.356 e. The zero-order valence-electron chi connectivity index (χ0n) is 17.9. The molecule has 29 heavy (non-hydrogen) atoms. The van der Waals surface area contributed by atoms with Gasteiger partial charge < -0.3 is 20.0 Å². The summed E-state index contributed by atoms with van der Waals surface area (Å²) in [6, 6.07) is 8.41. The van der Waals surface area contributed by atoms with Crippen LogP contribution in [-0.2, 0) is 9.59 Å². The molecular formula is C22H33N5O2. The van der Waals surface area contributed by atoms with Crippen LogP contribution >= 0.6 is 0 Å². The molecule has 1 N–H and O–H groups in total. The molecule has 1 atom stereocenters. The minimum atomic E-state index is -0.0163. The number of fused-ring (bicyclic) bond motifs is 1. The maximum Gasteiger partial charge on any atom is 0.243 e. The number of rotatable bonds is 7. The lowest BCUT2D eigenvalue weighted by Gasteiger charge is -2.24. The molecular weight excluding hydrogens is 366 g/mol. The first kappa shape index (κ1) is 21.1. The number of anilines is 1. The third-order valence-electron chi connectivity index (χ3n) is 5.64. The number of likely N-dealkylation sites (tertiary alicyclic amines) is 1. The van der Waals surface area contributed by atoms with Gasteiger partial charge in [-0.2, -0.15) is 0 Å². The number of benzene rings is 1. The Balaban J connectivity index is 1.76. The second kappa shape index (κ2) is 9.76. The van der Waals surface area contributed by atoms with Gasteiger partial charge in [0.1, 0.15) is 6.54 Å². The first-order valence-corrected chi connectivity index (χ1v) is 10.6. The SMILES string of the molecule is CCCNC(=NCC(=O)N(C)C)N1CC(CCN2CCCC2=O)c2ccccc21. The van der Waals surface area contributed by atoms with Gasteiger partial charge in [-0.15, -0.1) is 0 Å². The van der Waals surface area contributed by atoms with Gasteiger partial charge in [0, 0.05) is 58.3 Å². The number of para-hydroxylation sites is 1. The molecule has 2 amide bonds. The highest BCUT2D eigenvalue weighted by Crippen LogP contribution is 2.38. The molecule has 7 heteroatoms. The highest BCUT2D eigenvalue weighted by atomic mass is 16.2. The molecule has 0 radical (unpaired) electrons. The van der Waals surface area contributed by atoms with Crippen molar-refractivity contribution < 1.29 is 9.59 Å². The number of carbonyl (C=O) groups excluding carboxylic acids is 2. The van der Waals surface area contributed by atoms with Crippen LogP contribution in [0.1, 0.15) is 44.1 Å². The zero-order valence-corrected chi connectivity index (χ0v) is 17.9. The number of aliphatic imine (C=N–C) groups is 1.